The van der Waals surface area contributed by atoms with Gasteiger partial charge in [-0.3, -0.25) is 14.5 Å². The van der Waals surface area contributed by atoms with E-state index in [1.165, 1.54) is 0 Å². The largest absolute Gasteiger partial charge is 0.371 e. The average Bonchev–Trinajstić information content (AvgIpc) is 2.88. The third-order valence-electron chi connectivity index (χ3n) is 5.98. The van der Waals surface area contributed by atoms with Crippen molar-refractivity contribution in [3.05, 3.63) is 0 Å². The number of hydrogen-bond donors (Lipinski definition) is 0. The fourth-order valence-corrected chi connectivity index (χ4v) is 4.48. The van der Waals surface area contributed by atoms with E-state index >= 15 is 0 Å². The van der Waals surface area contributed by atoms with Gasteiger partial charge in [-0.25, -0.2) is 0 Å². The number of nitrogens with zero attached hydrogens (tertiary/aromatic N) is 3. The van der Waals surface area contributed by atoms with Gasteiger partial charge in [-0.05, 0) is 39.7 Å². The van der Waals surface area contributed by atoms with E-state index in [0.717, 1.165) is 52.0 Å². The Bertz CT molecular complexity index is 488. The number of hydrogen-bond acceptors (Lipinski definition) is 4. The van der Waals surface area contributed by atoms with Crippen molar-refractivity contribution >= 4 is 11.8 Å². The van der Waals surface area contributed by atoms with E-state index in [9.17, 15) is 9.59 Å². The van der Waals surface area contributed by atoms with Crippen molar-refractivity contribution in [3.63, 3.8) is 0 Å². The van der Waals surface area contributed by atoms with Crippen LogP contribution in [-0.4, -0.2) is 84.5 Å². The summed E-state index contributed by atoms with van der Waals surface area (Å²) in [7, 11) is 0. The molecule has 3 saturated heterocycles. The summed E-state index contributed by atoms with van der Waals surface area (Å²) in [5, 5.41) is 0. The molecule has 1 spiro atoms. The molecular formula is C18H31N3O3. The molecule has 136 valence electrons. The van der Waals surface area contributed by atoms with E-state index in [-0.39, 0.29) is 29.9 Å². The van der Waals surface area contributed by atoms with Gasteiger partial charge >= 0.3 is 0 Å². The van der Waals surface area contributed by atoms with Crippen LogP contribution in [0.3, 0.4) is 0 Å². The summed E-state index contributed by atoms with van der Waals surface area (Å²) in [5.74, 6) is 0.310. The Kier molecular flexibility index (Phi) is 5.16. The molecule has 0 aromatic carbocycles. The first-order valence-electron chi connectivity index (χ1n) is 9.27. The van der Waals surface area contributed by atoms with Gasteiger partial charge in [-0.15, -0.1) is 0 Å². The smallest absolute Gasteiger partial charge is 0.248 e. The van der Waals surface area contributed by atoms with Gasteiger partial charge in [-0.1, -0.05) is 0 Å². The molecule has 6 nitrogen and oxygen atoms in total. The third-order valence-corrected chi connectivity index (χ3v) is 5.98. The van der Waals surface area contributed by atoms with Gasteiger partial charge in [0.05, 0.1) is 6.61 Å². The van der Waals surface area contributed by atoms with Gasteiger partial charge in [0.1, 0.15) is 6.61 Å². The first-order chi connectivity index (χ1) is 11.4. The Morgan fingerprint density at radius 1 is 1.21 bits per heavy atom. The topological polar surface area (TPSA) is 53.1 Å². The second kappa shape index (κ2) is 7.00. The molecule has 3 heterocycles. The molecule has 1 unspecified atom stereocenters. The minimum Gasteiger partial charge on any atom is -0.371 e. The summed E-state index contributed by atoms with van der Waals surface area (Å²) in [5.41, 5.74) is 0.0775. The van der Waals surface area contributed by atoms with Crippen molar-refractivity contribution in [2.75, 3.05) is 45.9 Å². The van der Waals surface area contributed by atoms with Gasteiger partial charge in [0.2, 0.25) is 11.8 Å². The summed E-state index contributed by atoms with van der Waals surface area (Å²) < 4.78 is 5.74. The zero-order chi connectivity index (χ0) is 17.3. The van der Waals surface area contributed by atoms with Crippen molar-refractivity contribution < 1.29 is 14.3 Å². The van der Waals surface area contributed by atoms with Crippen LogP contribution < -0.4 is 0 Å². The number of ether oxygens (including phenoxy) is 1. The summed E-state index contributed by atoms with van der Waals surface area (Å²) in [6.45, 7) is 11.4. The fraction of sp³-hybridized carbons (Fsp3) is 0.889. The highest BCUT2D eigenvalue weighted by Gasteiger charge is 2.45. The van der Waals surface area contributed by atoms with E-state index in [4.69, 9.17) is 4.74 Å². The highest BCUT2D eigenvalue weighted by Crippen LogP contribution is 2.36. The van der Waals surface area contributed by atoms with Crippen LogP contribution in [0.2, 0.25) is 0 Å². The number of piperidine rings is 1. The van der Waals surface area contributed by atoms with Gasteiger partial charge in [-0.2, -0.15) is 0 Å². The Labute approximate surface area is 145 Å². The standard InChI is InChI=1S/C18H31N3O3/c1-14(2)21-12-18(13-24-10-17(21)23)6-9-20(11-18)16-4-7-19(8-5-16)15(3)22/h14,16H,4-13H2,1-3H3. The van der Waals surface area contributed by atoms with Gasteiger partial charge in [0, 0.05) is 50.6 Å². The lowest BCUT2D eigenvalue weighted by molar-refractivity contribution is -0.135. The number of carbonyl (C=O) groups is 2. The van der Waals surface area contributed by atoms with Crippen LogP contribution in [0, 0.1) is 5.41 Å². The summed E-state index contributed by atoms with van der Waals surface area (Å²) in [6, 6.07) is 0.787. The lowest BCUT2D eigenvalue weighted by atomic mass is 9.87. The van der Waals surface area contributed by atoms with Crippen LogP contribution in [0.5, 0.6) is 0 Å². The van der Waals surface area contributed by atoms with Gasteiger partial charge in [0.15, 0.2) is 0 Å². The van der Waals surface area contributed by atoms with E-state index in [2.05, 4.69) is 18.7 Å². The van der Waals surface area contributed by atoms with Gasteiger partial charge in [0.25, 0.3) is 0 Å². The second-order valence-corrected chi connectivity index (χ2v) is 8.07. The molecule has 2 amide bonds. The van der Waals surface area contributed by atoms with Crippen molar-refractivity contribution in [1.82, 2.24) is 14.7 Å². The van der Waals surface area contributed by atoms with Crippen molar-refractivity contribution in [1.29, 1.82) is 0 Å². The SMILES string of the molecule is CC(=O)N1CCC(N2CCC3(COCC(=O)N(C(C)C)C3)C2)CC1. The maximum atomic E-state index is 12.2. The molecule has 0 radical (unpaired) electrons. The van der Waals surface area contributed by atoms with E-state index < -0.39 is 0 Å². The predicted octanol–water partition coefficient (Wildman–Crippen LogP) is 0.957. The van der Waals surface area contributed by atoms with Crippen LogP contribution in [0.15, 0.2) is 0 Å². The Balaban J connectivity index is 1.62. The Morgan fingerprint density at radius 3 is 2.54 bits per heavy atom. The third kappa shape index (κ3) is 3.59. The predicted molar refractivity (Wildman–Crippen MR) is 91.6 cm³/mol. The molecule has 3 aliphatic rings. The van der Waals surface area contributed by atoms with E-state index in [0.29, 0.717) is 12.6 Å². The first-order valence-corrected chi connectivity index (χ1v) is 9.27. The number of carbonyl (C=O) groups excluding carboxylic acids is 2. The van der Waals surface area contributed by atoms with E-state index in [1.807, 2.05) is 9.80 Å². The lowest BCUT2D eigenvalue weighted by Gasteiger charge is -2.38. The molecule has 0 aliphatic carbocycles. The maximum absolute atomic E-state index is 12.2. The zero-order valence-electron chi connectivity index (χ0n) is 15.3. The highest BCUT2D eigenvalue weighted by atomic mass is 16.5. The van der Waals surface area contributed by atoms with E-state index in [1.54, 1.807) is 6.92 Å². The Morgan fingerprint density at radius 2 is 1.92 bits per heavy atom. The number of likely N-dealkylation sites (tertiary alicyclic amines) is 2. The van der Waals surface area contributed by atoms with Crippen LogP contribution in [0.1, 0.15) is 40.0 Å². The van der Waals surface area contributed by atoms with Gasteiger partial charge < -0.3 is 14.5 Å². The maximum Gasteiger partial charge on any atom is 0.248 e. The number of amides is 2. The first kappa shape index (κ1) is 17.7. The molecule has 0 N–H and O–H groups in total. The summed E-state index contributed by atoms with van der Waals surface area (Å²) >= 11 is 0. The van der Waals surface area contributed by atoms with Crippen molar-refractivity contribution in [2.45, 2.75) is 52.1 Å². The molecular weight excluding hydrogens is 306 g/mol. The zero-order valence-corrected chi connectivity index (χ0v) is 15.3. The molecule has 1 atom stereocenters. The fourth-order valence-electron chi connectivity index (χ4n) is 4.48. The molecule has 3 rings (SSSR count). The molecule has 6 heteroatoms. The highest BCUT2D eigenvalue weighted by molar-refractivity contribution is 5.78. The quantitative estimate of drug-likeness (QED) is 0.753. The minimum absolute atomic E-state index is 0.0775. The number of rotatable bonds is 2. The second-order valence-electron chi connectivity index (χ2n) is 8.07. The van der Waals surface area contributed by atoms with Crippen LogP contribution in [-0.2, 0) is 14.3 Å². The molecule has 3 fully saturated rings. The Hall–Kier alpha value is -1.14. The molecule has 24 heavy (non-hydrogen) atoms. The van der Waals surface area contributed by atoms with Crippen LogP contribution in [0.4, 0.5) is 0 Å². The summed E-state index contributed by atoms with van der Waals surface area (Å²) in [6.07, 6.45) is 3.21. The van der Waals surface area contributed by atoms with Crippen LogP contribution in [0.25, 0.3) is 0 Å². The molecule has 0 aromatic rings. The minimum atomic E-state index is 0.0775. The molecule has 0 aromatic heterocycles. The summed E-state index contributed by atoms with van der Waals surface area (Å²) in [4.78, 5) is 30.3. The monoisotopic (exact) mass is 337 g/mol. The van der Waals surface area contributed by atoms with Crippen LogP contribution >= 0.6 is 0 Å². The van der Waals surface area contributed by atoms with Crippen molar-refractivity contribution in [3.8, 4) is 0 Å². The van der Waals surface area contributed by atoms with Crippen molar-refractivity contribution in [2.24, 2.45) is 5.41 Å². The lowest BCUT2D eigenvalue weighted by Crippen LogP contribution is -2.48. The molecule has 3 aliphatic heterocycles. The molecule has 0 bridgehead atoms. The average molecular weight is 337 g/mol. The normalized spacial score (nSPS) is 30.4. The molecule has 0 saturated carbocycles.